The molecule has 1 aliphatic rings. The van der Waals surface area contributed by atoms with Crippen molar-refractivity contribution in [2.75, 3.05) is 6.54 Å². The lowest BCUT2D eigenvalue weighted by molar-refractivity contribution is 0.242. The Balaban J connectivity index is 1.91. The standard InChI is InChI=1S/C16H18ClN3O/c1-10(2)21-15-4-3-11(7-13(15)17)16-19-9-12-8-18-6-5-14(12)20-16/h3-4,7,9-10,18H,5-6,8H2,1-2H3. The van der Waals surface area contributed by atoms with Crippen molar-refractivity contribution >= 4 is 11.6 Å². The van der Waals surface area contributed by atoms with Crippen LogP contribution < -0.4 is 10.1 Å². The second kappa shape index (κ2) is 6.00. The number of benzene rings is 1. The minimum atomic E-state index is 0.0980. The third kappa shape index (κ3) is 3.17. The minimum absolute atomic E-state index is 0.0980. The summed E-state index contributed by atoms with van der Waals surface area (Å²) in [5.41, 5.74) is 3.21. The Morgan fingerprint density at radius 2 is 2.19 bits per heavy atom. The third-order valence-electron chi connectivity index (χ3n) is 3.36. The molecule has 2 heterocycles. The highest BCUT2D eigenvalue weighted by Gasteiger charge is 2.13. The van der Waals surface area contributed by atoms with Crippen molar-refractivity contribution in [1.82, 2.24) is 15.3 Å². The molecule has 0 spiro atoms. The van der Waals surface area contributed by atoms with E-state index in [1.165, 1.54) is 5.56 Å². The summed E-state index contributed by atoms with van der Waals surface area (Å²) in [4.78, 5) is 9.11. The Morgan fingerprint density at radius 3 is 2.95 bits per heavy atom. The van der Waals surface area contributed by atoms with E-state index in [0.29, 0.717) is 16.6 Å². The quantitative estimate of drug-likeness (QED) is 0.945. The highest BCUT2D eigenvalue weighted by atomic mass is 35.5. The second-order valence-electron chi connectivity index (χ2n) is 5.40. The lowest BCUT2D eigenvalue weighted by atomic mass is 10.1. The van der Waals surface area contributed by atoms with Crippen LogP contribution in [0.25, 0.3) is 11.4 Å². The van der Waals surface area contributed by atoms with Crippen molar-refractivity contribution in [2.45, 2.75) is 32.9 Å². The van der Waals surface area contributed by atoms with E-state index in [2.05, 4.69) is 15.3 Å². The van der Waals surface area contributed by atoms with Gasteiger partial charge in [0.15, 0.2) is 5.82 Å². The fraction of sp³-hybridized carbons (Fsp3) is 0.375. The molecule has 1 aromatic heterocycles. The zero-order valence-electron chi connectivity index (χ0n) is 12.2. The van der Waals surface area contributed by atoms with Gasteiger partial charge in [-0.05, 0) is 32.0 Å². The average Bonchev–Trinajstić information content (AvgIpc) is 2.48. The van der Waals surface area contributed by atoms with Gasteiger partial charge in [-0.25, -0.2) is 9.97 Å². The third-order valence-corrected chi connectivity index (χ3v) is 3.66. The maximum Gasteiger partial charge on any atom is 0.159 e. The highest BCUT2D eigenvalue weighted by molar-refractivity contribution is 6.32. The van der Waals surface area contributed by atoms with Crippen LogP contribution in [0, 0.1) is 0 Å². The van der Waals surface area contributed by atoms with Crippen LogP contribution in [0.4, 0.5) is 0 Å². The molecule has 2 aromatic rings. The van der Waals surface area contributed by atoms with Crippen LogP contribution in [0.3, 0.4) is 0 Å². The molecule has 0 bridgehead atoms. The second-order valence-corrected chi connectivity index (χ2v) is 5.81. The molecule has 1 aromatic carbocycles. The van der Waals surface area contributed by atoms with E-state index in [-0.39, 0.29) is 6.10 Å². The van der Waals surface area contributed by atoms with E-state index in [1.54, 1.807) is 0 Å². The van der Waals surface area contributed by atoms with Gasteiger partial charge in [0.05, 0.1) is 16.8 Å². The molecule has 4 nitrogen and oxygen atoms in total. The SMILES string of the molecule is CC(C)Oc1ccc(-c2ncc3c(n2)CCNC3)cc1Cl. The summed E-state index contributed by atoms with van der Waals surface area (Å²) in [6, 6.07) is 5.69. The molecular weight excluding hydrogens is 286 g/mol. The van der Waals surface area contributed by atoms with Crippen LogP contribution in [-0.4, -0.2) is 22.6 Å². The Bertz CT molecular complexity index is 658. The van der Waals surface area contributed by atoms with Gasteiger partial charge >= 0.3 is 0 Å². The fourth-order valence-corrected chi connectivity index (χ4v) is 2.59. The number of rotatable bonds is 3. The molecule has 0 amide bonds. The van der Waals surface area contributed by atoms with Crippen molar-refractivity contribution in [2.24, 2.45) is 0 Å². The van der Waals surface area contributed by atoms with Crippen LogP contribution >= 0.6 is 11.6 Å². The van der Waals surface area contributed by atoms with Gasteiger partial charge in [-0.1, -0.05) is 11.6 Å². The zero-order valence-corrected chi connectivity index (χ0v) is 12.9. The number of hydrogen-bond acceptors (Lipinski definition) is 4. The van der Waals surface area contributed by atoms with E-state index in [0.717, 1.165) is 30.8 Å². The van der Waals surface area contributed by atoms with Gasteiger partial charge in [0.25, 0.3) is 0 Å². The number of aromatic nitrogens is 2. The zero-order chi connectivity index (χ0) is 14.8. The average molecular weight is 304 g/mol. The van der Waals surface area contributed by atoms with Gasteiger partial charge in [0.2, 0.25) is 0 Å². The van der Waals surface area contributed by atoms with Crippen molar-refractivity contribution in [3.05, 3.63) is 40.7 Å². The van der Waals surface area contributed by atoms with Crippen LogP contribution in [0.2, 0.25) is 5.02 Å². The molecule has 1 aliphatic heterocycles. The van der Waals surface area contributed by atoms with Crippen LogP contribution in [0.5, 0.6) is 5.75 Å². The maximum absolute atomic E-state index is 6.28. The monoisotopic (exact) mass is 303 g/mol. The smallest absolute Gasteiger partial charge is 0.159 e. The van der Waals surface area contributed by atoms with E-state index < -0.39 is 0 Å². The molecule has 0 atom stereocenters. The summed E-state index contributed by atoms with van der Waals surface area (Å²) >= 11 is 6.28. The molecule has 0 unspecified atom stereocenters. The summed E-state index contributed by atoms with van der Waals surface area (Å²) in [7, 11) is 0. The van der Waals surface area contributed by atoms with Crippen molar-refractivity contribution in [3.63, 3.8) is 0 Å². The van der Waals surface area contributed by atoms with Crippen LogP contribution in [0.15, 0.2) is 24.4 Å². The Hall–Kier alpha value is -1.65. The number of nitrogens with zero attached hydrogens (tertiary/aromatic N) is 2. The summed E-state index contributed by atoms with van der Waals surface area (Å²) in [5, 5.41) is 3.90. The normalized spacial score (nSPS) is 14.1. The topological polar surface area (TPSA) is 47.0 Å². The number of hydrogen-bond donors (Lipinski definition) is 1. The first-order chi connectivity index (χ1) is 10.1. The first-order valence-electron chi connectivity index (χ1n) is 7.15. The summed E-state index contributed by atoms with van der Waals surface area (Å²) in [6.45, 7) is 5.76. The van der Waals surface area contributed by atoms with Crippen LogP contribution in [-0.2, 0) is 13.0 Å². The summed E-state index contributed by atoms with van der Waals surface area (Å²) in [6.07, 6.45) is 2.93. The largest absolute Gasteiger partial charge is 0.489 e. The van der Waals surface area contributed by atoms with Crippen molar-refractivity contribution in [1.29, 1.82) is 0 Å². The predicted molar refractivity (Wildman–Crippen MR) is 83.7 cm³/mol. The Morgan fingerprint density at radius 1 is 1.33 bits per heavy atom. The molecule has 0 aliphatic carbocycles. The first kappa shape index (κ1) is 14.3. The molecule has 5 heteroatoms. The number of halogens is 1. The number of nitrogens with one attached hydrogen (secondary N) is 1. The van der Waals surface area contributed by atoms with Gasteiger partial charge in [0.1, 0.15) is 5.75 Å². The van der Waals surface area contributed by atoms with E-state index in [9.17, 15) is 0 Å². The minimum Gasteiger partial charge on any atom is -0.489 e. The molecular formula is C16H18ClN3O. The van der Waals surface area contributed by atoms with Crippen molar-refractivity contribution < 1.29 is 4.74 Å². The molecule has 0 saturated heterocycles. The van der Waals surface area contributed by atoms with E-state index >= 15 is 0 Å². The molecule has 21 heavy (non-hydrogen) atoms. The molecule has 0 saturated carbocycles. The lowest BCUT2D eigenvalue weighted by Gasteiger charge is -2.16. The lowest BCUT2D eigenvalue weighted by Crippen LogP contribution is -2.24. The molecule has 0 fully saturated rings. The van der Waals surface area contributed by atoms with E-state index in [1.807, 2.05) is 38.2 Å². The molecule has 110 valence electrons. The number of fused-ring (bicyclic) bond motifs is 1. The van der Waals surface area contributed by atoms with Gasteiger partial charge in [-0.15, -0.1) is 0 Å². The fourth-order valence-electron chi connectivity index (χ4n) is 2.36. The first-order valence-corrected chi connectivity index (χ1v) is 7.53. The highest BCUT2D eigenvalue weighted by Crippen LogP contribution is 2.30. The van der Waals surface area contributed by atoms with Crippen molar-refractivity contribution in [3.8, 4) is 17.1 Å². The molecule has 1 N–H and O–H groups in total. The van der Waals surface area contributed by atoms with Gasteiger partial charge < -0.3 is 10.1 Å². The van der Waals surface area contributed by atoms with Crippen LogP contribution in [0.1, 0.15) is 25.1 Å². The van der Waals surface area contributed by atoms with Gasteiger partial charge in [-0.3, -0.25) is 0 Å². The number of ether oxygens (including phenoxy) is 1. The van der Waals surface area contributed by atoms with Gasteiger partial charge in [-0.2, -0.15) is 0 Å². The molecule has 0 radical (unpaired) electrons. The maximum atomic E-state index is 6.28. The Kier molecular flexibility index (Phi) is 4.08. The summed E-state index contributed by atoms with van der Waals surface area (Å²) in [5.74, 6) is 1.41. The predicted octanol–water partition coefficient (Wildman–Crippen LogP) is 3.23. The van der Waals surface area contributed by atoms with E-state index in [4.69, 9.17) is 16.3 Å². The molecule has 3 rings (SSSR count). The van der Waals surface area contributed by atoms with Gasteiger partial charge in [0, 0.05) is 36.8 Å². The Labute approximate surface area is 129 Å². The summed E-state index contributed by atoms with van der Waals surface area (Å²) < 4.78 is 5.65.